The number of anilines is 2. The van der Waals surface area contributed by atoms with Crippen LogP contribution in [0.25, 0.3) is 5.57 Å². The summed E-state index contributed by atoms with van der Waals surface area (Å²) >= 11 is 5.91. The first-order chi connectivity index (χ1) is 13.1. The maximum absolute atomic E-state index is 12.9. The Labute approximate surface area is 164 Å². The van der Waals surface area contributed by atoms with Crippen LogP contribution in [0.15, 0.2) is 67.0 Å². The molecule has 2 aromatic heterocycles. The molecule has 0 aliphatic carbocycles. The summed E-state index contributed by atoms with van der Waals surface area (Å²) in [6.07, 6.45) is 9.48. The maximum Gasteiger partial charge on any atom is 0.327 e. The van der Waals surface area contributed by atoms with Crippen molar-refractivity contribution in [2.75, 3.05) is 16.8 Å². The van der Waals surface area contributed by atoms with E-state index in [1.54, 1.807) is 41.6 Å². The lowest BCUT2D eigenvalue weighted by Gasteiger charge is -2.23. The number of pyridine rings is 2. The van der Waals surface area contributed by atoms with Gasteiger partial charge in [0.1, 0.15) is 5.82 Å². The highest BCUT2D eigenvalue weighted by molar-refractivity contribution is 6.31. The van der Waals surface area contributed by atoms with E-state index < -0.39 is 0 Å². The van der Waals surface area contributed by atoms with Crippen LogP contribution in [-0.2, 0) is 6.42 Å². The van der Waals surface area contributed by atoms with Crippen LogP contribution >= 0.6 is 11.6 Å². The Morgan fingerprint density at radius 2 is 2.00 bits per heavy atom. The number of carbonyl (C=O) groups excluding carboxylic acids is 1. The summed E-state index contributed by atoms with van der Waals surface area (Å²) < 4.78 is 0. The molecule has 138 valence electrons. The number of rotatable bonds is 4. The molecular formula is C21H21ClN4O. The standard InChI is InChI=1S/C21H21ClN4O/c1-3-16(14-15(2)22)19-8-7-17-6-4-5-13-26(20(17)25-19)21(27)24-18-9-11-23-12-10-18/h3,7-12,14H,1-2,4-6,13H2,(H,23,24,27)/b16-14+. The quantitative estimate of drug-likeness (QED) is 0.744. The van der Waals surface area contributed by atoms with Gasteiger partial charge in [-0.1, -0.05) is 36.9 Å². The predicted molar refractivity (Wildman–Crippen MR) is 111 cm³/mol. The molecule has 1 aliphatic heterocycles. The number of hydrogen-bond donors (Lipinski definition) is 1. The van der Waals surface area contributed by atoms with Crippen molar-refractivity contribution in [2.45, 2.75) is 19.3 Å². The topological polar surface area (TPSA) is 58.1 Å². The Bertz CT molecular complexity index is 892. The second kappa shape index (κ2) is 8.64. The van der Waals surface area contributed by atoms with Crippen molar-refractivity contribution in [3.05, 3.63) is 78.3 Å². The SMILES string of the molecule is C=C/C(=C\C(=C)Cl)c1ccc2c(n1)N(C(=O)Nc1ccncc1)CCCC2. The zero-order chi connectivity index (χ0) is 19.2. The van der Waals surface area contributed by atoms with Crippen molar-refractivity contribution >= 4 is 34.7 Å². The molecule has 5 nitrogen and oxygen atoms in total. The minimum Gasteiger partial charge on any atom is -0.307 e. The van der Waals surface area contributed by atoms with Gasteiger partial charge in [0.15, 0.2) is 0 Å². The molecule has 3 rings (SSSR count). The number of aromatic nitrogens is 2. The molecule has 3 heterocycles. The molecule has 0 saturated heterocycles. The van der Waals surface area contributed by atoms with E-state index in [4.69, 9.17) is 16.6 Å². The number of aryl methyl sites for hydroxylation is 1. The lowest BCUT2D eigenvalue weighted by atomic mass is 10.1. The van der Waals surface area contributed by atoms with Crippen molar-refractivity contribution in [1.29, 1.82) is 0 Å². The van der Waals surface area contributed by atoms with E-state index in [2.05, 4.69) is 23.5 Å². The van der Waals surface area contributed by atoms with Crippen LogP contribution in [0.2, 0.25) is 0 Å². The fourth-order valence-electron chi connectivity index (χ4n) is 2.99. The number of fused-ring (bicyclic) bond motifs is 1. The van der Waals surface area contributed by atoms with Gasteiger partial charge in [-0.2, -0.15) is 0 Å². The number of carbonyl (C=O) groups is 1. The highest BCUT2D eigenvalue weighted by Gasteiger charge is 2.23. The molecule has 0 radical (unpaired) electrons. The third kappa shape index (κ3) is 4.63. The van der Waals surface area contributed by atoms with E-state index in [0.717, 1.165) is 30.4 Å². The van der Waals surface area contributed by atoms with Crippen LogP contribution < -0.4 is 10.2 Å². The molecule has 0 fully saturated rings. The number of nitrogens with one attached hydrogen (secondary N) is 1. The van der Waals surface area contributed by atoms with Crippen LogP contribution in [0.1, 0.15) is 24.1 Å². The molecule has 1 aliphatic rings. The molecule has 27 heavy (non-hydrogen) atoms. The van der Waals surface area contributed by atoms with E-state index in [1.807, 2.05) is 12.1 Å². The normalized spacial score (nSPS) is 14.1. The lowest BCUT2D eigenvalue weighted by Crippen LogP contribution is -2.36. The molecule has 0 bridgehead atoms. The molecule has 2 amide bonds. The molecule has 0 aromatic carbocycles. The van der Waals surface area contributed by atoms with Gasteiger partial charge in [-0.15, -0.1) is 0 Å². The van der Waals surface area contributed by atoms with E-state index in [9.17, 15) is 4.79 Å². The first-order valence-electron chi connectivity index (χ1n) is 8.76. The van der Waals surface area contributed by atoms with Gasteiger partial charge in [-0.05, 0) is 49.1 Å². The Morgan fingerprint density at radius 3 is 2.70 bits per heavy atom. The van der Waals surface area contributed by atoms with Crippen LogP contribution in [0, 0.1) is 0 Å². The fourth-order valence-corrected chi connectivity index (χ4v) is 3.11. The number of amides is 2. The van der Waals surface area contributed by atoms with Crippen LogP contribution in [0.5, 0.6) is 0 Å². The summed E-state index contributed by atoms with van der Waals surface area (Å²) in [6.45, 7) is 8.13. The summed E-state index contributed by atoms with van der Waals surface area (Å²) in [6, 6.07) is 7.25. The Morgan fingerprint density at radius 1 is 1.22 bits per heavy atom. The Kier molecular flexibility index (Phi) is 6.04. The van der Waals surface area contributed by atoms with Crippen LogP contribution in [0.4, 0.5) is 16.3 Å². The monoisotopic (exact) mass is 380 g/mol. The van der Waals surface area contributed by atoms with E-state index in [1.165, 1.54) is 0 Å². The van der Waals surface area contributed by atoms with E-state index >= 15 is 0 Å². The van der Waals surface area contributed by atoms with Gasteiger partial charge in [-0.3, -0.25) is 9.88 Å². The van der Waals surface area contributed by atoms with Gasteiger partial charge in [-0.25, -0.2) is 9.78 Å². The number of nitrogens with zero attached hydrogens (tertiary/aromatic N) is 3. The smallest absolute Gasteiger partial charge is 0.307 e. The van der Waals surface area contributed by atoms with E-state index in [0.29, 0.717) is 28.8 Å². The van der Waals surface area contributed by atoms with Crippen molar-refractivity contribution in [3.63, 3.8) is 0 Å². The Balaban J connectivity index is 1.96. The molecule has 0 saturated carbocycles. The average molecular weight is 381 g/mol. The number of urea groups is 1. The van der Waals surface area contributed by atoms with Crippen LogP contribution in [-0.4, -0.2) is 22.5 Å². The minimum absolute atomic E-state index is 0.208. The second-order valence-corrected chi connectivity index (χ2v) is 6.69. The van der Waals surface area contributed by atoms with Gasteiger partial charge in [0.25, 0.3) is 0 Å². The molecule has 6 heteroatoms. The van der Waals surface area contributed by atoms with Crippen LogP contribution in [0.3, 0.4) is 0 Å². The first kappa shape index (κ1) is 18.9. The highest BCUT2D eigenvalue weighted by atomic mass is 35.5. The Hall–Kier alpha value is -2.92. The number of hydrogen-bond acceptors (Lipinski definition) is 3. The fraction of sp³-hybridized carbons (Fsp3) is 0.190. The largest absolute Gasteiger partial charge is 0.327 e. The summed E-state index contributed by atoms with van der Waals surface area (Å²) in [5.74, 6) is 0.671. The lowest BCUT2D eigenvalue weighted by molar-refractivity contribution is 0.256. The molecule has 0 unspecified atom stereocenters. The third-order valence-electron chi connectivity index (χ3n) is 4.29. The summed E-state index contributed by atoms with van der Waals surface area (Å²) in [5.41, 5.74) is 3.21. The summed E-state index contributed by atoms with van der Waals surface area (Å²) in [7, 11) is 0. The third-order valence-corrected chi connectivity index (χ3v) is 4.40. The highest BCUT2D eigenvalue weighted by Crippen LogP contribution is 2.28. The van der Waals surface area contributed by atoms with Gasteiger partial charge in [0, 0.05) is 35.2 Å². The molecule has 1 N–H and O–H groups in total. The zero-order valence-corrected chi connectivity index (χ0v) is 15.7. The van der Waals surface area contributed by atoms with Crippen molar-refractivity contribution in [1.82, 2.24) is 9.97 Å². The number of allylic oxidation sites excluding steroid dienone is 4. The van der Waals surface area contributed by atoms with Gasteiger partial charge in [0.2, 0.25) is 0 Å². The second-order valence-electron chi connectivity index (χ2n) is 6.20. The van der Waals surface area contributed by atoms with Crippen molar-refractivity contribution < 1.29 is 4.79 Å². The van der Waals surface area contributed by atoms with Gasteiger partial charge >= 0.3 is 6.03 Å². The van der Waals surface area contributed by atoms with E-state index in [-0.39, 0.29) is 6.03 Å². The summed E-state index contributed by atoms with van der Waals surface area (Å²) in [4.78, 5) is 23.3. The van der Waals surface area contributed by atoms with Gasteiger partial charge < -0.3 is 5.32 Å². The summed E-state index contributed by atoms with van der Waals surface area (Å²) in [5, 5.41) is 3.31. The molecular weight excluding hydrogens is 360 g/mol. The zero-order valence-electron chi connectivity index (χ0n) is 15.0. The maximum atomic E-state index is 12.9. The van der Waals surface area contributed by atoms with Crippen molar-refractivity contribution in [2.24, 2.45) is 0 Å². The van der Waals surface area contributed by atoms with Gasteiger partial charge in [0.05, 0.1) is 5.69 Å². The van der Waals surface area contributed by atoms with Crippen molar-refractivity contribution in [3.8, 4) is 0 Å². The molecule has 2 aromatic rings. The number of halogens is 1. The molecule has 0 spiro atoms. The minimum atomic E-state index is -0.208. The average Bonchev–Trinajstić information content (AvgIpc) is 2.88. The predicted octanol–water partition coefficient (Wildman–Crippen LogP) is 5.17. The molecule has 0 atom stereocenters. The first-order valence-corrected chi connectivity index (χ1v) is 9.13.